The smallest absolute Gasteiger partial charge is 0.161 e. The molecule has 0 saturated carbocycles. The monoisotopic (exact) mass is 186 g/mol. The summed E-state index contributed by atoms with van der Waals surface area (Å²) in [6.45, 7) is 10.3. The highest BCUT2D eigenvalue weighted by atomic mass is 16.5. The van der Waals surface area contributed by atoms with Crippen LogP contribution < -0.4 is 0 Å². The van der Waals surface area contributed by atoms with Crippen molar-refractivity contribution >= 4 is 5.78 Å². The Morgan fingerprint density at radius 2 is 1.92 bits per heavy atom. The van der Waals surface area contributed by atoms with Crippen LogP contribution in [-0.2, 0) is 9.53 Å². The van der Waals surface area contributed by atoms with Crippen molar-refractivity contribution in [1.82, 2.24) is 0 Å². The minimum Gasteiger partial charge on any atom is -0.368 e. The van der Waals surface area contributed by atoms with Gasteiger partial charge in [-0.1, -0.05) is 20.8 Å². The Labute approximate surface area is 81.7 Å². The first-order valence-corrected chi connectivity index (χ1v) is 5.09. The molecule has 0 fully saturated rings. The van der Waals surface area contributed by atoms with Gasteiger partial charge >= 0.3 is 0 Å². The fourth-order valence-electron chi connectivity index (χ4n) is 0.738. The van der Waals surface area contributed by atoms with Crippen molar-refractivity contribution in [1.29, 1.82) is 0 Å². The molecule has 0 spiro atoms. The van der Waals surface area contributed by atoms with Crippen molar-refractivity contribution in [3.63, 3.8) is 0 Å². The van der Waals surface area contributed by atoms with Crippen molar-refractivity contribution in [2.24, 2.45) is 5.92 Å². The molecule has 1 atom stereocenters. The molecular formula is C11H22O2. The van der Waals surface area contributed by atoms with Crippen molar-refractivity contribution < 1.29 is 9.53 Å². The van der Waals surface area contributed by atoms with Gasteiger partial charge in [0, 0.05) is 5.92 Å². The van der Waals surface area contributed by atoms with E-state index in [4.69, 9.17) is 4.74 Å². The zero-order valence-corrected chi connectivity index (χ0v) is 9.52. The predicted molar refractivity (Wildman–Crippen MR) is 54.8 cm³/mol. The maximum absolute atomic E-state index is 11.4. The Morgan fingerprint density at radius 1 is 1.38 bits per heavy atom. The maximum Gasteiger partial charge on any atom is 0.161 e. The molecule has 0 rings (SSSR count). The molecule has 2 heteroatoms. The molecule has 0 aromatic heterocycles. The average Bonchev–Trinajstić information content (AvgIpc) is 2.13. The molecule has 13 heavy (non-hydrogen) atoms. The van der Waals surface area contributed by atoms with Crippen molar-refractivity contribution in [3.05, 3.63) is 0 Å². The van der Waals surface area contributed by atoms with Gasteiger partial charge in [-0.3, -0.25) is 4.79 Å². The van der Waals surface area contributed by atoms with Crippen LogP contribution in [0.5, 0.6) is 0 Å². The maximum atomic E-state index is 11.4. The third-order valence-electron chi connectivity index (χ3n) is 2.62. The second-order valence-corrected chi connectivity index (χ2v) is 4.18. The quantitative estimate of drug-likeness (QED) is 0.637. The first-order valence-electron chi connectivity index (χ1n) is 5.09. The molecule has 0 aromatic rings. The van der Waals surface area contributed by atoms with Crippen molar-refractivity contribution in [2.45, 2.75) is 53.1 Å². The number of carbonyl (C=O) groups is 1. The minimum absolute atomic E-state index is 0.132. The summed E-state index contributed by atoms with van der Waals surface area (Å²) in [7, 11) is 0. The molecule has 0 aromatic carbocycles. The zero-order valence-electron chi connectivity index (χ0n) is 9.52. The van der Waals surface area contributed by atoms with Gasteiger partial charge in [0.25, 0.3) is 0 Å². The lowest BCUT2D eigenvalue weighted by molar-refractivity contribution is -0.132. The lowest BCUT2D eigenvalue weighted by Gasteiger charge is -2.23. The van der Waals surface area contributed by atoms with Gasteiger partial charge in [0.05, 0.1) is 5.60 Å². The van der Waals surface area contributed by atoms with Crippen LogP contribution in [0.1, 0.15) is 47.5 Å². The van der Waals surface area contributed by atoms with E-state index in [9.17, 15) is 4.79 Å². The van der Waals surface area contributed by atoms with E-state index in [1.165, 1.54) is 0 Å². The van der Waals surface area contributed by atoms with Gasteiger partial charge in [0.1, 0.15) is 6.61 Å². The van der Waals surface area contributed by atoms with Crippen molar-refractivity contribution in [2.75, 3.05) is 6.61 Å². The fraction of sp³-hybridized carbons (Fsp3) is 0.909. The molecule has 2 nitrogen and oxygen atoms in total. The topological polar surface area (TPSA) is 26.3 Å². The third kappa shape index (κ3) is 5.04. The summed E-state index contributed by atoms with van der Waals surface area (Å²) in [6.07, 6.45) is 1.83. The number of hydrogen-bond acceptors (Lipinski definition) is 2. The average molecular weight is 186 g/mol. The number of hydrogen-bond donors (Lipinski definition) is 0. The van der Waals surface area contributed by atoms with Gasteiger partial charge < -0.3 is 4.74 Å². The summed E-state index contributed by atoms with van der Waals surface area (Å²) in [6, 6.07) is 0. The first-order chi connectivity index (χ1) is 5.93. The standard InChI is InChI=1S/C11H22O2/c1-6-9(3)10(12)8-13-11(4,5)7-2/h9H,6-8H2,1-5H3. The van der Waals surface area contributed by atoms with Gasteiger partial charge in [-0.2, -0.15) is 0 Å². The Hall–Kier alpha value is -0.370. The van der Waals surface area contributed by atoms with Crippen LogP contribution in [0, 0.1) is 5.92 Å². The number of ether oxygens (including phenoxy) is 1. The summed E-state index contributed by atoms with van der Waals surface area (Å²) in [5.74, 6) is 0.344. The number of Topliss-reactive ketones (excluding diaryl/α,β-unsaturated/α-hetero) is 1. The lowest BCUT2D eigenvalue weighted by Crippen LogP contribution is -2.28. The molecule has 0 amide bonds. The molecule has 0 N–H and O–H groups in total. The van der Waals surface area contributed by atoms with Crippen molar-refractivity contribution in [3.8, 4) is 0 Å². The van der Waals surface area contributed by atoms with Gasteiger partial charge in [-0.05, 0) is 26.7 Å². The van der Waals surface area contributed by atoms with Crippen LogP contribution in [0.2, 0.25) is 0 Å². The van der Waals surface area contributed by atoms with Gasteiger partial charge in [0.15, 0.2) is 5.78 Å². The highest BCUT2D eigenvalue weighted by molar-refractivity contribution is 5.81. The summed E-state index contributed by atoms with van der Waals surface area (Å²) in [4.78, 5) is 11.4. The third-order valence-corrected chi connectivity index (χ3v) is 2.62. The summed E-state index contributed by atoms with van der Waals surface area (Å²) in [5.41, 5.74) is -0.164. The van der Waals surface area contributed by atoms with Gasteiger partial charge in [-0.25, -0.2) is 0 Å². The van der Waals surface area contributed by atoms with Crippen LogP contribution >= 0.6 is 0 Å². The van der Waals surface area contributed by atoms with E-state index in [0.29, 0.717) is 0 Å². The van der Waals surface area contributed by atoms with E-state index < -0.39 is 0 Å². The summed E-state index contributed by atoms with van der Waals surface area (Å²) < 4.78 is 5.51. The fourth-order valence-corrected chi connectivity index (χ4v) is 0.738. The van der Waals surface area contributed by atoms with Gasteiger partial charge in [-0.15, -0.1) is 0 Å². The SMILES string of the molecule is CCC(C)C(=O)COC(C)(C)CC. The van der Waals surface area contributed by atoms with E-state index in [1.54, 1.807) is 0 Å². The zero-order chi connectivity index (χ0) is 10.5. The minimum atomic E-state index is -0.164. The Balaban J connectivity index is 3.83. The predicted octanol–water partition coefficient (Wildman–Crippen LogP) is 2.81. The van der Waals surface area contributed by atoms with Crippen LogP contribution in [0.15, 0.2) is 0 Å². The number of carbonyl (C=O) groups excluding carboxylic acids is 1. The molecule has 78 valence electrons. The van der Waals surface area contributed by atoms with Crippen LogP contribution in [0.4, 0.5) is 0 Å². The molecule has 0 bridgehead atoms. The second kappa shape index (κ2) is 5.38. The molecule has 0 radical (unpaired) electrons. The molecular weight excluding hydrogens is 164 g/mol. The molecule has 0 aliphatic carbocycles. The van der Waals surface area contributed by atoms with Crippen LogP contribution in [0.3, 0.4) is 0 Å². The largest absolute Gasteiger partial charge is 0.368 e. The van der Waals surface area contributed by atoms with E-state index in [-0.39, 0.29) is 23.9 Å². The normalized spacial score (nSPS) is 14.2. The summed E-state index contributed by atoms with van der Waals surface area (Å²) >= 11 is 0. The highest BCUT2D eigenvalue weighted by Crippen LogP contribution is 2.14. The highest BCUT2D eigenvalue weighted by Gasteiger charge is 2.18. The Morgan fingerprint density at radius 3 is 2.31 bits per heavy atom. The van der Waals surface area contributed by atoms with Gasteiger partial charge in [0.2, 0.25) is 0 Å². The summed E-state index contributed by atoms with van der Waals surface area (Å²) in [5, 5.41) is 0. The van der Waals surface area contributed by atoms with Crippen LogP contribution in [-0.4, -0.2) is 18.0 Å². The Kier molecular flexibility index (Phi) is 5.23. The molecule has 0 aliphatic rings. The first kappa shape index (κ1) is 12.6. The molecule has 0 saturated heterocycles. The molecule has 1 unspecified atom stereocenters. The lowest BCUT2D eigenvalue weighted by atomic mass is 10.0. The second-order valence-electron chi connectivity index (χ2n) is 4.18. The Bertz CT molecular complexity index is 161. The van der Waals surface area contributed by atoms with E-state index >= 15 is 0 Å². The van der Waals surface area contributed by atoms with E-state index in [0.717, 1.165) is 12.8 Å². The van der Waals surface area contributed by atoms with E-state index in [1.807, 2.05) is 27.7 Å². The van der Waals surface area contributed by atoms with Crippen LogP contribution in [0.25, 0.3) is 0 Å². The number of rotatable bonds is 6. The van der Waals surface area contributed by atoms with E-state index in [2.05, 4.69) is 6.92 Å². The molecule has 0 aliphatic heterocycles. The number of ketones is 1. The molecule has 0 heterocycles.